The maximum absolute atomic E-state index is 11.8. The Hall–Kier alpha value is -6.23. The number of rotatable bonds is 11. The van der Waals surface area contributed by atoms with Crippen LogP contribution in [0.1, 0.15) is 109 Å². The van der Waals surface area contributed by atoms with E-state index in [9.17, 15) is 29.7 Å². The van der Waals surface area contributed by atoms with Crippen molar-refractivity contribution in [3.63, 3.8) is 0 Å². The second-order valence-electron chi connectivity index (χ2n) is 14.3. The largest absolute Gasteiger partial charge is 0.481 e. The fourth-order valence-electron chi connectivity index (χ4n) is 7.99. The zero-order valence-corrected chi connectivity index (χ0v) is 31.0. The first-order valence-corrected chi connectivity index (χ1v) is 18.2. The van der Waals surface area contributed by atoms with Crippen molar-refractivity contribution in [3.05, 3.63) is 105 Å². The van der Waals surface area contributed by atoms with Gasteiger partial charge < -0.3 is 30.3 Å². The van der Waals surface area contributed by atoms with Crippen molar-refractivity contribution in [2.45, 2.75) is 79.1 Å². The summed E-state index contributed by atoms with van der Waals surface area (Å²) in [5, 5.41) is 30.1. The minimum atomic E-state index is -0.921. The summed E-state index contributed by atoms with van der Waals surface area (Å²) in [5.74, 6) is -2.77. The normalized spacial score (nSPS) is 13.6. The third kappa shape index (κ3) is 6.73. The van der Waals surface area contributed by atoms with Crippen LogP contribution in [-0.2, 0) is 20.8 Å². The molecule has 4 aromatic heterocycles. The number of aromatic nitrogens is 5. The van der Waals surface area contributed by atoms with Gasteiger partial charge in [-0.1, -0.05) is 25.1 Å². The Kier molecular flexibility index (Phi) is 9.57. The lowest BCUT2D eigenvalue weighted by molar-refractivity contribution is -0.137. The first kappa shape index (κ1) is 36.1. The fourth-order valence-corrected chi connectivity index (χ4v) is 7.99. The highest BCUT2D eigenvalue weighted by atomic mass is 16.4. The summed E-state index contributed by atoms with van der Waals surface area (Å²) < 4.78 is 0. The number of benzene rings is 1. The number of hydrogen-bond acceptors (Lipinski definition) is 5. The van der Waals surface area contributed by atoms with Crippen molar-refractivity contribution in [2.75, 3.05) is 0 Å². The van der Waals surface area contributed by atoms with Crippen LogP contribution in [-0.4, -0.2) is 58.1 Å². The van der Waals surface area contributed by atoms with Crippen LogP contribution in [0.4, 0.5) is 0 Å². The van der Waals surface area contributed by atoms with Crippen LogP contribution in [0.2, 0.25) is 0 Å². The molecule has 0 spiro atoms. The van der Waals surface area contributed by atoms with E-state index in [1.165, 1.54) is 0 Å². The van der Waals surface area contributed by atoms with E-state index in [-0.39, 0.29) is 44.4 Å². The SMILES string of the molecule is CC1=C(CCC(=O)O)c2cc3[nH]c(cc4nc(cc5[nH]c(cc1n2)c(C(C)c1c[nH]c2ccccc12)c5C)C(C)=C4CCC(=O)O)c(CCC(=O)O)c3C. The molecular weight excluding hydrogens is 683 g/mol. The predicted octanol–water partition coefficient (Wildman–Crippen LogP) is 9.17. The zero-order chi connectivity index (χ0) is 38.4. The van der Waals surface area contributed by atoms with Crippen LogP contribution in [0.25, 0.3) is 55.3 Å². The number of aliphatic carboxylic acids is 3. The second-order valence-corrected chi connectivity index (χ2v) is 14.3. The van der Waals surface area contributed by atoms with Gasteiger partial charge >= 0.3 is 17.9 Å². The minimum Gasteiger partial charge on any atom is -0.481 e. The van der Waals surface area contributed by atoms with Gasteiger partial charge in [0.05, 0.1) is 22.8 Å². The van der Waals surface area contributed by atoms with Crippen LogP contribution in [0.3, 0.4) is 0 Å². The lowest BCUT2D eigenvalue weighted by atomic mass is 9.90. The number of carbonyl (C=O) groups is 3. The van der Waals surface area contributed by atoms with E-state index in [0.29, 0.717) is 22.6 Å². The van der Waals surface area contributed by atoms with Crippen molar-refractivity contribution in [2.24, 2.45) is 0 Å². The molecule has 2 aliphatic heterocycles. The van der Waals surface area contributed by atoms with Gasteiger partial charge in [0, 0.05) is 64.3 Å². The molecule has 2 aliphatic rings. The third-order valence-corrected chi connectivity index (χ3v) is 11.0. The molecule has 0 saturated heterocycles. The molecule has 7 rings (SSSR count). The van der Waals surface area contributed by atoms with Gasteiger partial charge in [-0.2, -0.15) is 0 Å². The number of allylic oxidation sites excluding steroid dienone is 4. The van der Waals surface area contributed by atoms with Crippen molar-refractivity contribution < 1.29 is 29.7 Å². The number of aromatic amines is 3. The van der Waals surface area contributed by atoms with Crippen LogP contribution in [0.5, 0.6) is 0 Å². The number of nitrogens with zero attached hydrogens (tertiary/aromatic N) is 2. The number of nitrogens with one attached hydrogen (secondary N) is 3. The van der Waals surface area contributed by atoms with E-state index in [1.54, 1.807) is 0 Å². The molecule has 11 nitrogen and oxygen atoms in total. The summed E-state index contributed by atoms with van der Waals surface area (Å²) in [7, 11) is 0. The van der Waals surface area contributed by atoms with Gasteiger partial charge in [-0.3, -0.25) is 14.4 Å². The molecule has 1 aromatic carbocycles. The molecule has 6 N–H and O–H groups in total. The lowest BCUT2D eigenvalue weighted by Gasteiger charge is -2.12. The maximum atomic E-state index is 11.8. The summed E-state index contributed by atoms with van der Waals surface area (Å²) in [4.78, 5) is 56.1. The zero-order valence-electron chi connectivity index (χ0n) is 31.0. The van der Waals surface area contributed by atoms with Crippen LogP contribution in [0, 0.1) is 13.8 Å². The van der Waals surface area contributed by atoms with Crippen LogP contribution in [0.15, 0.2) is 54.7 Å². The first-order valence-electron chi connectivity index (χ1n) is 18.2. The molecule has 1 unspecified atom stereocenters. The molecule has 0 fully saturated rings. The van der Waals surface area contributed by atoms with Crippen molar-refractivity contribution in [1.29, 1.82) is 0 Å². The predicted molar refractivity (Wildman–Crippen MR) is 211 cm³/mol. The summed E-state index contributed by atoms with van der Waals surface area (Å²) in [6, 6.07) is 16.1. The number of hydrogen-bond donors (Lipinski definition) is 6. The molecule has 5 aromatic rings. The van der Waals surface area contributed by atoms with Gasteiger partial charge in [0.2, 0.25) is 0 Å². The van der Waals surface area contributed by atoms with Gasteiger partial charge in [0.1, 0.15) is 0 Å². The van der Waals surface area contributed by atoms with E-state index in [1.807, 2.05) is 57.2 Å². The smallest absolute Gasteiger partial charge is 0.303 e. The van der Waals surface area contributed by atoms with E-state index >= 15 is 0 Å². The number of aryl methyl sites for hydroxylation is 3. The molecule has 0 saturated carbocycles. The Labute approximate surface area is 311 Å². The number of carboxylic acid groups (broad SMARTS) is 3. The molecule has 11 heteroatoms. The van der Waals surface area contributed by atoms with Gasteiger partial charge in [-0.25, -0.2) is 9.97 Å². The Bertz CT molecular complexity index is 2620. The average Bonchev–Trinajstić information content (AvgIpc) is 3.89. The number of H-pyrrole nitrogens is 3. The number of fused-ring (bicyclic) bond motifs is 9. The topological polar surface area (TPSA) is 185 Å². The average molecular weight is 726 g/mol. The number of para-hydroxylation sites is 1. The highest BCUT2D eigenvalue weighted by Gasteiger charge is 2.24. The molecule has 8 bridgehead atoms. The quantitative estimate of drug-likeness (QED) is 0.0778. The highest BCUT2D eigenvalue weighted by molar-refractivity contribution is 5.96. The van der Waals surface area contributed by atoms with Gasteiger partial charge in [-0.15, -0.1) is 0 Å². The fraction of sp³-hybridized carbons (Fsp3) is 0.279. The Morgan fingerprint density at radius 3 is 1.74 bits per heavy atom. The van der Waals surface area contributed by atoms with E-state index < -0.39 is 17.9 Å². The molecule has 276 valence electrons. The second kappa shape index (κ2) is 14.3. The molecule has 0 radical (unpaired) electrons. The lowest BCUT2D eigenvalue weighted by Crippen LogP contribution is -1.98. The molecule has 1 atom stereocenters. The van der Waals surface area contributed by atoms with Crippen molar-refractivity contribution >= 4 is 73.2 Å². The van der Waals surface area contributed by atoms with E-state index in [2.05, 4.69) is 47.1 Å². The van der Waals surface area contributed by atoms with Crippen molar-refractivity contribution in [3.8, 4) is 0 Å². The number of carboxylic acids is 3. The van der Waals surface area contributed by atoms with Gasteiger partial charge in [-0.05, 0) is 127 Å². The summed E-state index contributed by atoms with van der Waals surface area (Å²) in [6.07, 6.45) is 2.66. The van der Waals surface area contributed by atoms with Gasteiger partial charge in [0.15, 0.2) is 0 Å². The highest BCUT2D eigenvalue weighted by Crippen LogP contribution is 2.40. The molecular formula is C43H43N5O6. The summed E-state index contributed by atoms with van der Waals surface area (Å²) >= 11 is 0. The molecule has 0 amide bonds. The minimum absolute atomic E-state index is 0.0340. The van der Waals surface area contributed by atoms with Crippen LogP contribution < -0.4 is 0 Å². The van der Waals surface area contributed by atoms with Crippen LogP contribution >= 0.6 is 0 Å². The molecule has 0 aliphatic carbocycles. The monoisotopic (exact) mass is 725 g/mol. The summed E-state index contributed by atoms with van der Waals surface area (Å²) in [6.45, 7) is 10.1. The Morgan fingerprint density at radius 2 is 1.13 bits per heavy atom. The Balaban J connectivity index is 1.58. The molecule has 54 heavy (non-hydrogen) atoms. The van der Waals surface area contributed by atoms with E-state index in [4.69, 9.17) is 9.97 Å². The summed E-state index contributed by atoms with van der Waals surface area (Å²) in [5.41, 5.74) is 15.2. The first-order chi connectivity index (χ1) is 25.8. The van der Waals surface area contributed by atoms with Crippen molar-refractivity contribution in [1.82, 2.24) is 24.9 Å². The maximum Gasteiger partial charge on any atom is 0.303 e. The Morgan fingerprint density at radius 1 is 0.630 bits per heavy atom. The van der Waals surface area contributed by atoms with E-state index in [0.717, 1.165) is 83.3 Å². The third-order valence-electron chi connectivity index (χ3n) is 11.0. The molecule has 6 heterocycles. The standard InChI is InChI=1S/C43H43N5O6/c1-21-27(11-14-41(51)52)37-19-38-28(12-15-42(53)54)22(2)33(46-38)17-36-26(10-13-40(49)50)23(3)34(47-36)18-39-43(25(5)35(48-39)16-32(21)45-37)24(4)30-20-44-31-9-7-6-8-29(30)31/h6-9,16-20,24,44,46,48H,10-15H2,1-5H3,(H,49,50)(H,51,52)(H,53,54). The van der Waals surface area contributed by atoms with Gasteiger partial charge in [0.25, 0.3) is 0 Å².